The average Bonchev–Trinajstić information content (AvgIpc) is 3.04. The van der Waals surface area contributed by atoms with Gasteiger partial charge in [-0.3, -0.25) is 0 Å². The third-order valence-electron chi connectivity index (χ3n) is 3.08. The Labute approximate surface area is 111 Å². The number of carboxylic acids is 1. The number of hydrogen-bond donors (Lipinski definition) is 2. The molecule has 7 heteroatoms. The Hall–Kier alpha value is -1.60. The summed E-state index contributed by atoms with van der Waals surface area (Å²) in [4.78, 5) is 10.8. The molecule has 0 atom stereocenters. The monoisotopic (exact) mass is 285 g/mol. The van der Waals surface area contributed by atoms with Gasteiger partial charge in [0.1, 0.15) is 10.6 Å². The molecule has 0 spiro atoms. The SMILES string of the molecule is COc1ccc(C(=O)O)cc1S(=O)(=O)NC1(C)CC1. The van der Waals surface area contributed by atoms with E-state index < -0.39 is 21.5 Å². The van der Waals surface area contributed by atoms with E-state index in [0.717, 1.165) is 18.9 Å². The van der Waals surface area contributed by atoms with Crippen LogP contribution in [-0.4, -0.2) is 32.1 Å². The Morgan fingerprint density at radius 2 is 2.05 bits per heavy atom. The van der Waals surface area contributed by atoms with Gasteiger partial charge in [-0.25, -0.2) is 17.9 Å². The van der Waals surface area contributed by atoms with Gasteiger partial charge in [-0.15, -0.1) is 0 Å². The number of ether oxygens (including phenoxy) is 1. The summed E-state index contributed by atoms with van der Waals surface area (Å²) in [5.41, 5.74) is -0.523. The van der Waals surface area contributed by atoms with E-state index in [1.807, 2.05) is 0 Å². The number of carboxylic acid groups (broad SMARTS) is 1. The molecule has 2 N–H and O–H groups in total. The minimum Gasteiger partial charge on any atom is -0.495 e. The van der Waals surface area contributed by atoms with Gasteiger partial charge in [-0.1, -0.05) is 0 Å². The fraction of sp³-hybridized carbons (Fsp3) is 0.417. The quantitative estimate of drug-likeness (QED) is 0.848. The topological polar surface area (TPSA) is 92.7 Å². The summed E-state index contributed by atoms with van der Waals surface area (Å²) < 4.78 is 32.1. The van der Waals surface area contributed by atoms with Crippen LogP contribution in [0.2, 0.25) is 0 Å². The van der Waals surface area contributed by atoms with Crippen LogP contribution in [0.4, 0.5) is 0 Å². The Morgan fingerprint density at radius 3 is 2.53 bits per heavy atom. The van der Waals surface area contributed by atoms with Gasteiger partial charge in [-0.2, -0.15) is 0 Å². The smallest absolute Gasteiger partial charge is 0.335 e. The molecule has 1 fully saturated rings. The lowest BCUT2D eigenvalue weighted by Gasteiger charge is -2.15. The Balaban J connectivity index is 2.46. The number of hydrogen-bond acceptors (Lipinski definition) is 4. The number of sulfonamides is 1. The van der Waals surface area contributed by atoms with Gasteiger partial charge in [-0.05, 0) is 38.0 Å². The van der Waals surface area contributed by atoms with Crippen LogP contribution in [0.25, 0.3) is 0 Å². The van der Waals surface area contributed by atoms with Gasteiger partial charge in [0.25, 0.3) is 0 Å². The van der Waals surface area contributed by atoms with E-state index in [-0.39, 0.29) is 16.2 Å². The van der Waals surface area contributed by atoms with Crippen LogP contribution in [0.15, 0.2) is 23.1 Å². The number of aromatic carboxylic acids is 1. The Morgan fingerprint density at radius 1 is 1.42 bits per heavy atom. The van der Waals surface area contributed by atoms with Gasteiger partial charge in [0.15, 0.2) is 0 Å². The first kappa shape index (κ1) is 13.8. The highest BCUT2D eigenvalue weighted by atomic mass is 32.2. The van der Waals surface area contributed by atoms with Crippen molar-refractivity contribution in [3.63, 3.8) is 0 Å². The van der Waals surface area contributed by atoms with Crippen molar-refractivity contribution in [3.05, 3.63) is 23.8 Å². The molecule has 1 aromatic carbocycles. The van der Waals surface area contributed by atoms with E-state index in [2.05, 4.69) is 4.72 Å². The summed E-state index contributed by atoms with van der Waals surface area (Å²) in [6, 6.07) is 3.75. The predicted octanol–water partition coefficient (Wildman–Crippen LogP) is 1.22. The summed E-state index contributed by atoms with van der Waals surface area (Å²) in [5, 5.41) is 8.93. The van der Waals surface area contributed by atoms with Crippen molar-refractivity contribution in [1.29, 1.82) is 0 Å². The summed E-state index contributed by atoms with van der Waals surface area (Å²) in [5.74, 6) is -1.06. The molecule has 0 bridgehead atoms. The van der Waals surface area contributed by atoms with Gasteiger partial charge in [0.05, 0.1) is 12.7 Å². The van der Waals surface area contributed by atoms with Gasteiger partial charge in [0, 0.05) is 5.54 Å². The number of methoxy groups -OCH3 is 1. The van der Waals surface area contributed by atoms with Crippen molar-refractivity contribution in [2.75, 3.05) is 7.11 Å². The van der Waals surface area contributed by atoms with Crippen LogP contribution in [-0.2, 0) is 10.0 Å². The number of benzene rings is 1. The molecule has 2 rings (SSSR count). The molecule has 1 aromatic rings. The Bertz CT molecular complexity index is 619. The molecule has 0 radical (unpaired) electrons. The van der Waals surface area contributed by atoms with Gasteiger partial charge >= 0.3 is 5.97 Å². The van der Waals surface area contributed by atoms with Crippen LogP contribution in [0.3, 0.4) is 0 Å². The summed E-state index contributed by atoms with van der Waals surface area (Å²) >= 11 is 0. The third kappa shape index (κ3) is 2.87. The lowest BCUT2D eigenvalue weighted by atomic mass is 10.2. The summed E-state index contributed by atoms with van der Waals surface area (Å²) in [6.45, 7) is 1.80. The van der Waals surface area contributed by atoms with Crippen molar-refractivity contribution in [1.82, 2.24) is 4.72 Å². The second-order valence-electron chi connectivity index (χ2n) is 4.84. The Kier molecular flexibility index (Phi) is 3.27. The molecule has 0 amide bonds. The lowest BCUT2D eigenvalue weighted by molar-refractivity contribution is 0.0696. The molecule has 0 aliphatic heterocycles. The zero-order valence-electron chi connectivity index (χ0n) is 10.6. The highest BCUT2D eigenvalue weighted by Crippen LogP contribution is 2.37. The molecule has 19 heavy (non-hydrogen) atoms. The number of nitrogens with one attached hydrogen (secondary N) is 1. The van der Waals surface area contributed by atoms with E-state index >= 15 is 0 Å². The molecule has 104 valence electrons. The molecular weight excluding hydrogens is 270 g/mol. The zero-order chi connectivity index (χ0) is 14.3. The fourth-order valence-electron chi connectivity index (χ4n) is 1.69. The second-order valence-corrected chi connectivity index (χ2v) is 6.49. The normalized spacial score (nSPS) is 16.9. The first-order valence-corrected chi connectivity index (χ1v) is 7.21. The first-order valence-electron chi connectivity index (χ1n) is 5.73. The second kappa shape index (κ2) is 4.50. The van der Waals surface area contributed by atoms with E-state index in [1.165, 1.54) is 19.2 Å². The van der Waals surface area contributed by atoms with E-state index in [1.54, 1.807) is 6.92 Å². The molecule has 1 saturated carbocycles. The molecule has 0 unspecified atom stereocenters. The highest BCUT2D eigenvalue weighted by Gasteiger charge is 2.42. The largest absolute Gasteiger partial charge is 0.495 e. The van der Waals surface area contributed by atoms with Crippen molar-refractivity contribution in [2.24, 2.45) is 0 Å². The maximum Gasteiger partial charge on any atom is 0.335 e. The van der Waals surface area contributed by atoms with E-state index in [0.29, 0.717) is 0 Å². The maximum atomic E-state index is 12.3. The summed E-state index contributed by atoms with van der Waals surface area (Å²) in [6.07, 6.45) is 1.54. The molecule has 1 aliphatic carbocycles. The van der Waals surface area contributed by atoms with Crippen LogP contribution in [0, 0.1) is 0 Å². The van der Waals surface area contributed by atoms with Crippen molar-refractivity contribution in [3.8, 4) is 5.75 Å². The minimum absolute atomic E-state index is 0.0953. The predicted molar refractivity (Wildman–Crippen MR) is 67.9 cm³/mol. The maximum absolute atomic E-state index is 12.3. The molecule has 0 saturated heterocycles. The molecule has 0 heterocycles. The van der Waals surface area contributed by atoms with Crippen molar-refractivity contribution < 1.29 is 23.1 Å². The van der Waals surface area contributed by atoms with Crippen LogP contribution in [0.5, 0.6) is 5.75 Å². The third-order valence-corrected chi connectivity index (χ3v) is 4.74. The van der Waals surface area contributed by atoms with Gasteiger partial charge < -0.3 is 9.84 Å². The molecule has 0 aromatic heterocycles. The van der Waals surface area contributed by atoms with E-state index in [9.17, 15) is 13.2 Å². The van der Waals surface area contributed by atoms with Crippen LogP contribution < -0.4 is 9.46 Å². The minimum atomic E-state index is -3.79. The standard InChI is InChI=1S/C12H15NO5S/c1-12(5-6-12)13-19(16,17)10-7-8(11(14)15)3-4-9(10)18-2/h3-4,7,13H,5-6H2,1-2H3,(H,14,15). The first-order chi connectivity index (χ1) is 8.77. The van der Waals surface area contributed by atoms with E-state index in [4.69, 9.17) is 9.84 Å². The number of rotatable bonds is 5. The van der Waals surface area contributed by atoms with Crippen molar-refractivity contribution in [2.45, 2.75) is 30.2 Å². The van der Waals surface area contributed by atoms with Crippen LogP contribution >= 0.6 is 0 Å². The number of carbonyl (C=O) groups is 1. The lowest BCUT2D eigenvalue weighted by Crippen LogP contribution is -2.34. The summed E-state index contributed by atoms with van der Waals surface area (Å²) in [7, 11) is -2.45. The van der Waals surface area contributed by atoms with Crippen LogP contribution in [0.1, 0.15) is 30.1 Å². The fourth-order valence-corrected chi connectivity index (χ4v) is 3.35. The van der Waals surface area contributed by atoms with Crippen molar-refractivity contribution >= 4 is 16.0 Å². The molecule has 1 aliphatic rings. The zero-order valence-corrected chi connectivity index (χ0v) is 11.5. The highest BCUT2D eigenvalue weighted by molar-refractivity contribution is 7.89. The van der Waals surface area contributed by atoms with Gasteiger partial charge in [0.2, 0.25) is 10.0 Å². The molecular formula is C12H15NO5S. The molecule has 6 nitrogen and oxygen atoms in total. The average molecular weight is 285 g/mol.